The van der Waals surface area contributed by atoms with Crippen LogP contribution in [-0.4, -0.2) is 16.1 Å². The van der Waals surface area contributed by atoms with Crippen LogP contribution in [0.15, 0.2) is 22.7 Å². The van der Waals surface area contributed by atoms with Gasteiger partial charge in [0.05, 0.1) is 4.47 Å². The Balaban J connectivity index is 2.41. The first kappa shape index (κ1) is 11.4. The molecule has 1 aromatic rings. The molecule has 82 valence electrons. The summed E-state index contributed by atoms with van der Waals surface area (Å²) in [6.07, 6.45) is 0.616. The Hall–Kier alpha value is -0.0600. The van der Waals surface area contributed by atoms with Gasteiger partial charge in [-0.2, -0.15) is 11.8 Å². The Labute approximate surface area is 101 Å². The molecule has 1 saturated heterocycles. The second-order valence-corrected chi connectivity index (χ2v) is 6.24. The third-order valence-electron chi connectivity index (χ3n) is 2.68. The molecular weight excluding hydrogens is 279 g/mol. The number of hydrogen-bond acceptors (Lipinski definition) is 2. The van der Waals surface area contributed by atoms with Crippen molar-refractivity contribution in [2.24, 2.45) is 0 Å². The van der Waals surface area contributed by atoms with E-state index in [4.69, 9.17) is 0 Å². The van der Waals surface area contributed by atoms with Gasteiger partial charge in [0.1, 0.15) is 11.4 Å². The average Bonchev–Trinajstić information content (AvgIpc) is 2.52. The van der Waals surface area contributed by atoms with Crippen molar-refractivity contribution in [3.8, 4) is 0 Å². The number of halogens is 2. The first-order valence-corrected chi connectivity index (χ1v) is 6.65. The van der Waals surface area contributed by atoms with Crippen LogP contribution in [0.1, 0.15) is 18.9 Å². The van der Waals surface area contributed by atoms with E-state index in [-0.39, 0.29) is 5.82 Å². The molecule has 0 aromatic heterocycles. The highest BCUT2D eigenvalue weighted by molar-refractivity contribution is 9.10. The topological polar surface area (TPSA) is 20.2 Å². The molecule has 0 bridgehead atoms. The lowest BCUT2D eigenvalue weighted by atomic mass is 9.91. The van der Waals surface area contributed by atoms with Crippen LogP contribution >= 0.6 is 27.7 Å². The second-order valence-electron chi connectivity index (χ2n) is 3.96. The van der Waals surface area contributed by atoms with Gasteiger partial charge < -0.3 is 5.11 Å². The predicted octanol–water partition coefficient (Wildman–Crippen LogP) is 3.30. The van der Waals surface area contributed by atoms with E-state index in [1.807, 2.05) is 0 Å². The summed E-state index contributed by atoms with van der Waals surface area (Å²) < 4.78 is 14.2. The Kier molecular flexibility index (Phi) is 3.10. The van der Waals surface area contributed by atoms with Crippen molar-refractivity contribution in [3.05, 3.63) is 34.1 Å². The fraction of sp³-hybridized carbons (Fsp3) is 0.455. The highest BCUT2D eigenvalue weighted by Crippen LogP contribution is 2.42. The highest BCUT2D eigenvalue weighted by atomic mass is 79.9. The molecule has 15 heavy (non-hydrogen) atoms. The largest absolute Gasteiger partial charge is 0.384 e. The zero-order chi connectivity index (χ0) is 11.1. The van der Waals surface area contributed by atoms with Gasteiger partial charge in [0.15, 0.2) is 0 Å². The van der Waals surface area contributed by atoms with E-state index in [9.17, 15) is 9.50 Å². The van der Waals surface area contributed by atoms with Crippen molar-refractivity contribution in [2.45, 2.75) is 24.2 Å². The van der Waals surface area contributed by atoms with Crippen molar-refractivity contribution in [3.63, 3.8) is 0 Å². The predicted molar refractivity (Wildman–Crippen MR) is 64.5 cm³/mol. The molecule has 2 rings (SSSR count). The summed E-state index contributed by atoms with van der Waals surface area (Å²) in [7, 11) is 0. The minimum absolute atomic E-state index is 0.338. The molecule has 1 heterocycles. The third kappa shape index (κ3) is 2.08. The lowest BCUT2D eigenvalue weighted by molar-refractivity contribution is 0.0572. The molecule has 1 nitrogen and oxygen atoms in total. The number of hydrogen-bond donors (Lipinski definition) is 1. The Morgan fingerprint density at radius 3 is 2.93 bits per heavy atom. The van der Waals surface area contributed by atoms with E-state index in [2.05, 4.69) is 22.9 Å². The number of rotatable bonds is 1. The maximum absolute atomic E-state index is 13.8. The van der Waals surface area contributed by atoms with Crippen molar-refractivity contribution in [1.82, 2.24) is 0 Å². The second kappa shape index (κ2) is 4.07. The van der Waals surface area contributed by atoms with E-state index in [1.165, 1.54) is 0 Å². The standard InChI is InChI=1S/C11H12BrFOS/c1-7-5-11(14,6-15-7)8-3-2-4-9(12)10(8)13/h2-4,7,14H,5-6H2,1H3. The third-order valence-corrected chi connectivity index (χ3v) is 4.68. The Morgan fingerprint density at radius 2 is 2.33 bits per heavy atom. The number of benzene rings is 1. The summed E-state index contributed by atoms with van der Waals surface area (Å²) in [5.74, 6) is 0.233. The van der Waals surface area contributed by atoms with E-state index in [0.717, 1.165) is 0 Å². The van der Waals surface area contributed by atoms with Crippen LogP contribution in [-0.2, 0) is 5.60 Å². The fourth-order valence-electron chi connectivity index (χ4n) is 1.92. The molecule has 4 heteroatoms. The van der Waals surface area contributed by atoms with Gasteiger partial charge in [-0.1, -0.05) is 19.1 Å². The zero-order valence-corrected chi connectivity index (χ0v) is 10.7. The summed E-state index contributed by atoms with van der Waals surface area (Å²) in [6.45, 7) is 2.05. The fourth-order valence-corrected chi connectivity index (χ4v) is 3.52. The monoisotopic (exact) mass is 290 g/mol. The maximum atomic E-state index is 13.8. The first-order chi connectivity index (χ1) is 7.03. The van der Waals surface area contributed by atoms with E-state index in [1.54, 1.807) is 30.0 Å². The Bertz CT molecular complexity index is 385. The summed E-state index contributed by atoms with van der Waals surface area (Å²) in [5, 5.41) is 10.7. The van der Waals surface area contributed by atoms with Crippen molar-refractivity contribution in [1.29, 1.82) is 0 Å². The molecule has 1 N–H and O–H groups in total. The van der Waals surface area contributed by atoms with Gasteiger partial charge in [-0.25, -0.2) is 4.39 Å². The van der Waals surface area contributed by atoms with Crippen molar-refractivity contribution < 1.29 is 9.50 Å². The van der Waals surface area contributed by atoms with Crippen LogP contribution in [0.3, 0.4) is 0 Å². The van der Waals surface area contributed by atoms with Gasteiger partial charge in [0.25, 0.3) is 0 Å². The zero-order valence-electron chi connectivity index (χ0n) is 8.34. The van der Waals surface area contributed by atoms with Gasteiger partial charge in [-0.3, -0.25) is 0 Å². The highest BCUT2D eigenvalue weighted by Gasteiger charge is 2.39. The van der Waals surface area contributed by atoms with Gasteiger partial charge in [-0.15, -0.1) is 0 Å². The van der Waals surface area contributed by atoms with Crippen LogP contribution in [0, 0.1) is 5.82 Å². The minimum atomic E-state index is -1.00. The number of thioether (sulfide) groups is 1. The van der Waals surface area contributed by atoms with Crippen LogP contribution in [0.2, 0.25) is 0 Å². The SMILES string of the molecule is CC1CC(O)(c2cccc(Br)c2F)CS1. The van der Waals surface area contributed by atoms with Crippen molar-refractivity contribution >= 4 is 27.7 Å². The average molecular weight is 291 g/mol. The molecule has 1 aliphatic heterocycles. The smallest absolute Gasteiger partial charge is 0.143 e. The van der Waals surface area contributed by atoms with E-state index < -0.39 is 5.60 Å². The van der Waals surface area contributed by atoms with Crippen LogP contribution < -0.4 is 0 Å². The Morgan fingerprint density at radius 1 is 1.60 bits per heavy atom. The summed E-state index contributed by atoms with van der Waals surface area (Å²) in [6, 6.07) is 5.07. The minimum Gasteiger partial charge on any atom is -0.384 e. The van der Waals surface area contributed by atoms with Crippen molar-refractivity contribution in [2.75, 3.05) is 5.75 Å². The first-order valence-electron chi connectivity index (χ1n) is 4.81. The summed E-state index contributed by atoms with van der Waals surface area (Å²) >= 11 is 4.82. The summed E-state index contributed by atoms with van der Waals surface area (Å²) in [4.78, 5) is 0. The quantitative estimate of drug-likeness (QED) is 0.856. The van der Waals surface area contributed by atoms with E-state index >= 15 is 0 Å². The molecule has 2 atom stereocenters. The molecule has 2 unspecified atom stereocenters. The van der Waals surface area contributed by atoms with Crippen LogP contribution in [0.5, 0.6) is 0 Å². The normalized spacial score (nSPS) is 30.8. The van der Waals surface area contributed by atoms with Crippen LogP contribution in [0.25, 0.3) is 0 Å². The maximum Gasteiger partial charge on any atom is 0.143 e. The summed E-state index contributed by atoms with van der Waals surface area (Å²) in [5.41, 5.74) is -0.591. The lowest BCUT2D eigenvalue weighted by Crippen LogP contribution is -2.27. The lowest BCUT2D eigenvalue weighted by Gasteiger charge is -2.23. The molecule has 0 radical (unpaired) electrons. The molecule has 1 aromatic carbocycles. The molecule has 0 aliphatic carbocycles. The number of aliphatic hydroxyl groups is 1. The van der Waals surface area contributed by atoms with Gasteiger partial charge in [0.2, 0.25) is 0 Å². The molecule has 1 aliphatic rings. The molecule has 0 spiro atoms. The van der Waals surface area contributed by atoms with Gasteiger partial charge in [-0.05, 0) is 28.4 Å². The molecule has 0 saturated carbocycles. The molecule has 0 amide bonds. The van der Waals surface area contributed by atoms with Gasteiger partial charge in [0, 0.05) is 16.6 Å². The van der Waals surface area contributed by atoms with E-state index in [0.29, 0.717) is 27.5 Å². The molecular formula is C11H12BrFOS. The van der Waals surface area contributed by atoms with Gasteiger partial charge >= 0.3 is 0 Å². The van der Waals surface area contributed by atoms with Crippen LogP contribution in [0.4, 0.5) is 4.39 Å². The molecule has 1 fully saturated rings.